The van der Waals surface area contributed by atoms with Gasteiger partial charge in [-0.25, -0.2) is 0 Å². The zero-order valence-electron chi connectivity index (χ0n) is 5.79. The van der Waals surface area contributed by atoms with Crippen molar-refractivity contribution in [2.24, 2.45) is 0 Å². The Balaban J connectivity index is 2.15. The molecule has 1 nitrogen and oxygen atoms in total. The molecule has 0 saturated heterocycles. The van der Waals surface area contributed by atoms with E-state index in [-0.39, 0.29) is 6.61 Å². The molecule has 0 bridgehead atoms. The van der Waals surface area contributed by atoms with E-state index in [1.165, 1.54) is 4.88 Å². The van der Waals surface area contributed by atoms with Crippen LogP contribution in [0.15, 0.2) is 17.5 Å². The van der Waals surface area contributed by atoms with E-state index in [9.17, 15) is 0 Å². The minimum absolute atomic E-state index is 0.269. The number of hydrogen-bond donors (Lipinski definition) is 1. The van der Waals surface area contributed by atoms with Crippen molar-refractivity contribution in [3.8, 4) is 0 Å². The average Bonchev–Trinajstić information content (AvgIpc) is 2.41. The third kappa shape index (κ3) is 2.50. The highest BCUT2D eigenvalue weighted by Crippen LogP contribution is 2.10. The standard InChI is InChI=1S/C8H11OS/c9-6-2-1-4-8-5-3-7-10-8/h1,3,5,7,9H,2,4,6H2. The third-order valence-electron chi connectivity index (χ3n) is 1.26. The lowest BCUT2D eigenvalue weighted by Gasteiger charge is -1.92. The number of thiophene rings is 1. The van der Waals surface area contributed by atoms with E-state index in [0.717, 1.165) is 12.8 Å². The molecule has 0 aliphatic heterocycles. The summed E-state index contributed by atoms with van der Waals surface area (Å²) in [4.78, 5) is 1.37. The van der Waals surface area contributed by atoms with Gasteiger partial charge in [-0.3, -0.25) is 0 Å². The van der Waals surface area contributed by atoms with Crippen LogP contribution in [0.25, 0.3) is 0 Å². The van der Waals surface area contributed by atoms with E-state index < -0.39 is 0 Å². The van der Waals surface area contributed by atoms with E-state index in [2.05, 4.69) is 17.9 Å². The van der Waals surface area contributed by atoms with Crippen LogP contribution in [0, 0.1) is 6.42 Å². The van der Waals surface area contributed by atoms with Crippen molar-refractivity contribution in [3.05, 3.63) is 28.8 Å². The molecular formula is C8H11OS. The maximum Gasteiger partial charge on any atom is 0.0433 e. The highest BCUT2D eigenvalue weighted by Gasteiger charge is 1.91. The second-order valence-corrected chi connectivity index (χ2v) is 3.12. The highest BCUT2D eigenvalue weighted by molar-refractivity contribution is 7.09. The van der Waals surface area contributed by atoms with Crippen LogP contribution in [0.2, 0.25) is 0 Å². The zero-order chi connectivity index (χ0) is 7.23. The monoisotopic (exact) mass is 155 g/mol. The van der Waals surface area contributed by atoms with E-state index in [4.69, 9.17) is 5.11 Å². The van der Waals surface area contributed by atoms with Crippen LogP contribution in [-0.4, -0.2) is 11.7 Å². The van der Waals surface area contributed by atoms with E-state index in [1.54, 1.807) is 11.3 Å². The third-order valence-corrected chi connectivity index (χ3v) is 2.16. The van der Waals surface area contributed by atoms with E-state index >= 15 is 0 Å². The van der Waals surface area contributed by atoms with Crippen molar-refractivity contribution in [3.63, 3.8) is 0 Å². The van der Waals surface area contributed by atoms with Crippen LogP contribution in [-0.2, 0) is 6.42 Å². The molecule has 0 unspecified atom stereocenters. The number of rotatable bonds is 4. The molecule has 10 heavy (non-hydrogen) atoms. The Hall–Kier alpha value is -0.340. The summed E-state index contributed by atoms with van der Waals surface area (Å²) in [6.07, 6.45) is 3.90. The Labute approximate surface area is 65.3 Å². The summed E-state index contributed by atoms with van der Waals surface area (Å²) in [7, 11) is 0. The second kappa shape index (κ2) is 4.47. The second-order valence-electron chi connectivity index (χ2n) is 2.08. The molecule has 0 aliphatic carbocycles. The Kier molecular flexibility index (Phi) is 3.47. The van der Waals surface area contributed by atoms with Gasteiger partial charge in [-0.05, 0) is 30.7 Å². The van der Waals surface area contributed by atoms with Crippen molar-refractivity contribution < 1.29 is 5.11 Å². The van der Waals surface area contributed by atoms with Crippen LogP contribution in [0.3, 0.4) is 0 Å². The van der Waals surface area contributed by atoms with Gasteiger partial charge in [0.1, 0.15) is 0 Å². The Morgan fingerprint density at radius 1 is 1.60 bits per heavy atom. The first-order valence-electron chi connectivity index (χ1n) is 3.38. The van der Waals surface area contributed by atoms with Crippen LogP contribution in [0.1, 0.15) is 11.3 Å². The van der Waals surface area contributed by atoms with E-state index in [1.807, 2.05) is 6.07 Å². The molecule has 1 aromatic heterocycles. The first-order valence-corrected chi connectivity index (χ1v) is 4.26. The molecule has 1 rings (SSSR count). The van der Waals surface area contributed by atoms with Gasteiger partial charge in [0.05, 0.1) is 0 Å². The number of hydrogen-bond acceptors (Lipinski definition) is 2. The molecule has 0 fully saturated rings. The maximum absolute atomic E-state index is 8.47. The van der Waals surface area contributed by atoms with Crippen LogP contribution in [0.5, 0.6) is 0 Å². The molecule has 0 aromatic carbocycles. The summed E-state index contributed by atoms with van der Waals surface area (Å²) >= 11 is 1.76. The molecule has 0 aliphatic rings. The Morgan fingerprint density at radius 2 is 2.50 bits per heavy atom. The van der Waals surface area contributed by atoms with Crippen LogP contribution in [0.4, 0.5) is 0 Å². The van der Waals surface area contributed by atoms with Gasteiger partial charge in [-0.2, -0.15) is 0 Å². The number of aliphatic hydroxyl groups is 1. The van der Waals surface area contributed by atoms with E-state index in [0.29, 0.717) is 0 Å². The first kappa shape index (κ1) is 7.76. The normalized spacial score (nSPS) is 10.1. The molecule has 1 aromatic rings. The van der Waals surface area contributed by atoms with Gasteiger partial charge in [-0.15, -0.1) is 11.3 Å². The minimum Gasteiger partial charge on any atom is -0.396 e. The van der Waals surface area contributed by atoms with Crippen LogP contribution >= 0.6 is 11.3 Å². The smallest absolute Gasteiger partial charge is 0.0433 e. The maximum atomic E-state index is 8.47. The quantitative estimate of drug-likeness (QED) is 0.658. The van der Waals surface area contributed by atoms with Gasteiger partial charge in [0.2, 0.25) is 0 Å². The van der Waals surface area contributed by atoms with Gasteiger partial charge in [0, 0.05) is 11.5 Å². The lowest BCUT2D eigenvalue weighted by Crippen LogP contribution is -1.86. The van der Waals surface area contributed by atoms with Crippen molar-refractivity contribution in [1.29, 1.82) is 0 Å². The fourth-order valence-electron chi connectivity index (χ4n) is 0.764. The predicted octanol–water partition coefficient (Wildman–Crippen LogP) is 1.88. The summed E-state index contributed by atoms with van der Waals surface area (Å²) in [5, 5.41) is 10.5. The molecule has 1 heterocycles. The van der Waals surface area contributed by atoms with Crippen molar-refractivity contribution in [2.45, 2.75) is 12.8 Å². The highest BCUT2D eigenvalue weighted by atomic mass is 32.1. The molecule has 0 saturated carbocycles. The molecule has 0 spiro atoms. The Morgan fingerprint density at radius 3 is 3.10 bits per heavy atom. The van der Waals surface area contributed by atoms with Crippen molar-refractivity contribution in [1.82, 2.24) is 0 Å². The number of unbranched alkanes of at least 4 members (excludes halogenated alkanes) is 1. The first-order chi connectivity index (χ1) is 4.93. The van der Waals surface area contributed by atoms with Crippen molar-refractivity contribution >= 4 is 11.3 Å². The zero-order valence-corrected chi connectivity index (χ0v) is 6.60. The van der Waals surface area contributed by atoms with Gasteiger partial charge in [-0.1, -0.05) is 6.07 Å². The summed E-state index contributed by atoms with van der Waals surface area (Å²) in [5.41, 5.74) is 0. The predicted molar refractivity (Wildman–Crippen MR) is 44.0 cm³/mol. The average molecular weight is 155 g/mol. The molecule has 0 amide bonds. The minimum atomic E-state index is 0.269. The summed E-state index contributed by atoms with van der Waals surface area (Å²) in [6.45, 7) is 0.269. The fraction of sp³-hybridized carbons (Fsp3) is 0.375. The van der Waals surface area contributed by atoms with Gasteiger partial charge >= 0.3 is 0 Å². The largest absolute Gasteiger partial charge is 0.396 e. The number of aliphatic hydroxyl groups excluding tert-OH is 1. The summed E-state index contributed by atoms with van der Waals surface area (Å²) in [6, 6.07) is 4.16. The summed E-state index contributed by atoms with van der Waals surface area (Å²) < 4.78 is 0. The van der Waals surface area contributed by atoms with Gasteiger partial charge in [0.15, 0.2) is 0 Å². The van der Waals surface area contributed by atoms with Crippen LogP contribution < -0.4 is 0 Å². The summed E-state index contributed by atoms with van der Waals surface area (Å²) in [5.74, 6) is 0. The molecular weight excluding hydrogens is 144 g/mol. The topological polar surface area (TPSA) is 20.2 Å². The molecule has 1 N–H and O–H groups in total. The SMILES string of the molecule is OCC[CH]Cc1cccs1. The van der Waals surface area contributed by atoms with Gasteiger partial charge < -0.3 is 5.11 Å². The van der Waals surface area contributed by atoms with Gasteiger partial charge in [0.25, 0.3) is 0 Å². The molecule has 2 heteroatoms. The lowest BCUT2D eigenvalue weighted by atomic mass is 10.2. The molecule has 1 radical (unpaired) electrons. The molecule has 0 atom stereocenters. The Bertz CT molecular complexity index is 158. The van der Waals surface area contributed by atoms with Crippen molar-refractivity contribution in [2.75, 3.05) is 6.61 Å². The lowest BCUT2D eigenvalue weighted by molar-refractivity contribution is 0.297. The fourth-order valence-corrected chi connectivity index (χ4v) is 1.47. The molecule has 55 valence electrons.